The summed E-state index contributed by atoms with van der Waals surface area (Å²) in [6.07, 6.45) is 9.04. The van der Waals surface area contributed by atoms with Gasteiger partial charge >= 0.3 is 0 Å². The van der Waals surface area contributed by atoms with Gasteiger partial charge in [0.1, 0.15) is 0 Å². The van der Waals surface area contributed by atoms with Crippen molar-refractivity contribution in [2.75, 3.05) is 0 Å². The van der Waals surface area contributed by atoms with Crippen LogP contribution in [0.5, 0.6) is 0 Å². The Morgan fingerprint density at radius 1 is 1.00 bits per heavy atom. The average molecular weight is 122 g/mol. The summed E-state index contributed by atoms with van der Waals surface area (Å²) in [6.45, 7) is 4.78. The summed E-state index contributed by atoms with van der Waals surface area (Å²) in [4.78, 5) is 0. The fraction of sp³-hybridized carbons (Fsp3) is 0.778. The summed E-state index contributed by atoms with van der Waals surface area (Å²) >= 11 is 0. The maximum Gasteiger partial charge on any atom is -0.00580 e. The lowest BCUT2D eigenvalue weighted by Gasteiger charge is -2.44. The highest BCUT2D eigenvalue weighted by molar-refractivity contribution is 5.26. The lowest BCUT2D eigenvalue weighted by molar-refractivity contribution is 0.189. The molecule has 0 aromatic rings. The molecule has 0 heterocycles. The fourth-order valence-corrected chi connectivity index (χ4v) is 2.21. The second-order valence-corrected chi connectivity index (χ2v) is 4.02. The van der Waals surface area contributed by atoms with Crippen LogP contribution >= 0.6 is 0 Å². The molecule has 0 radical (unpaired) electrons. The Morgan fingerprint density at radius 2 is 1.44 bits per heavy atom. The van der Waals surface area contributed by atoms with Crippen molar-refractivity contribution in [2.45, 2.75) is 33.1 Å². The SMILES string of the molecule is C[C@]12C=C[C@]1(C)CCC2. The minimum Gasteiger partial charge on any atom is -0.0811 e. The molecule has 0 N–H and O–H groups in total. The molecule has 9 heavy (non-hydrogen) atoms. The van der Waals surface area contributed by atoms with E-state index in [4.69, 9.17) is 0 Å². The van der Waals surface area contributed by atoms with E-state index >= 15 is 0 Å². The predicted octanol–water partition coefficient (Wildman–Crippen LogP) is 2.75. The summed E-state index contributed by atoms with van der Waals surface area (Å²) in [6, 6.07) is 0. The van der Waals surface area contributed by atoms with Crippen LogP contribution < -0.4 is 0 Å². The highest BCUT2D eigenvalue weighted by Gasteiger charge is 2.50. The molecular formula is C9H14. The quantitative estimate of drug-likeness (QED) is 0.433. The molecular weight excluding hydrogens is 108 g/mol. The van der Waals surface area contributed by atoms with Gasteiger partial charge in [0.25, 0.3) is 0 Å². The molecule has 2 aliphatic carbocycles. The van der Waals surface area contributed by atoms with E-state index in [1.165, 1.54) is 19.3 Å². The van der Waals surface area contributed by atoms with Gasteiger partial charge in [-0.1, -0.05) is 32.4 Å². The van der Waals surface area contributed by atoms with Gasteiger partial charge in [-0.2, -0.15) is 0 Å². The normalized spacial score (nSPS) is 54.9. The fourth-order valence-electron chi connectivity index (χ4n) is 2.21. The van der Waals surface area contributed by atoms with Gasteiger partial charge in [0.2, 0.25) is 0 Å². The van der Waals surface area contributed by atoms with E-state index in [9.17, 15) is 0 Å². The zero-order valence-electron chi connectivity index (χ0n) is 6.28. The number of hydrogen-bond donors (Lipinski definition) is 0. The average Bonchev–Trinajstić information content (AvgIpc) is 1.98. The first-order chi connectivity index (χ1) is 4.16. The third-order valence-corrected chi connectivity index (χ3v) is 3.52. The number of allylic oxidation sites excluding steroid dienone is 2. The van der Waals surface area contributed by atoms with Crippen molar-refractivity contribution in [1.29, 1.82) is 0 Å². The summed E-state index contributed by atoms with van der Waals surface area (Å²) in [5, 5.41) is 0. The molecule has 0 aliphatic heterocycles. The van der Waals surface area contributed by atoms with Gasteiger partial charge < -0.3 is 0 Å². The van der Waals surface area contributed by atoms with Crippen LogP contribution in [0.15, 0.2) is 12.2 Å². The van der Waals surface area contributed by atoms with Gasteiger partial charge in [0.15, 0.2) is 0 Å². The van der Waals surface area contributed by atoms with E-state index in [1.807, 2.05) is 0 Å². The van der Waals surface area contributed by atoms with Crippen molar-refractivity contribution in [3.05, 3.63) is 12.2 Å². The van der Waals surface area contributed by atoms with Crippen molar-refractivity contribution in [1.82, 2.24) is 0 Å². The smallest absolute Gasteiger partial charge is 0.00580 e. The second kappa shape index (κ2) is 1.25. The molecule has 1 saturated carbocycles. The van der Waals surface area contributed by atoms with Crippen LogP contribution in [0, 0.1) is 10.8 Å². The van der Waals surface area contributed by atoms with E-state index in [-0.39, 0.29) is 0 Å². The van der Waals surface area contributed by atoms with Crippen LogP contribution in [-0.4, -0.2) is 0 Å². The van der Waals surface area contributed by atoms with Crippen LogP contribution in [0.25, 0.3) is 0 Å². The minimum absolute atomic E-state index is 0.590. The van der Waals surface area contributed by atoms with Gasteiger partial charge in [0, 0.05) is 0 Å². The van der Waals surface area contributed by atoms with Crippen LogP contribution in [0.2, 0.25) is 0 Å². The molecule has 2 atom stereocenters. The van der Waals surface area contributed by atoms with Gasteiger partial charge in [-0.3, -0.25) is 0 Å². The molecule has 0 saturated heterocycles. The molecule has 50 valence electrons. The molecule has 0 aromatic heterocycles. The summed E-state index contributed by atoms with van der Waals surface area (Å²) in [5.74, 6) is 0. The Kier molecular flexibility index (Phi) is 0.769. The molecule has 2 aliphatic rings. The Hall–Kier alpha value is -0.260. The maximum atomic E-state index is 2.39. The van der Waals surface area contributed by atoms with E-state index < -0.39 is 0 Å². The summed E-state index contributed by atoms with van der Waals surface area (Å²) in [7, 11) is 0. The van der Waals surface area contributed by atoms with Crippen LogP contribution in [0.1, 0.15) is 33.1 Å². The minimum atomic E-state index is 0.590. The van der Waals surface area contributed by atoms with Crippen molar-refractivity contribution in [2.24, 2.45) is 10.8 Å². The molecule has 2 rings (SSSR count). The van der Waals surface area contributed by atoms with Crippen LogP contribution in [-0.2, 0) is 0 Å². The lowest BCUT2D eigenvalue weighted by atomic mass is 9.60. The standard InChI is InChI=1S/C9H14/c1-8-4-3-5-9(8,2)7-6-8/h6-7H,3-5H2,1-2H3/t8-,9-/m0/s1. The third-order valence-electron chi connectivity index (χ3n) is 3.52. The van der Waals surface area contributed by atoms with E-state index in [0.717, 1.165) is 0 Å². The number of fused-ring (bicyclic) bond motifs is 1. The van der Waals surface area contributed by atoms with E-state index in [1.54, 1.807) is 0 Å². The number of rotatable bonds is 0. The first kappa shape index (κ1) is 5.52. The van der Waals surface area contributed by atoms with Crippen molar-refractivity contribution < 1.29 is 0 Å². The highest BCUT2D eigenvalue weighted by atomic mass is 14.5. The molecule has 0 bridgehead atoms. The highest BCUT2D eigenvalue weighted by Crippen LogP contribution is 2.60. The first-order valence-electron chi connectivity index (χ1n) is 3.87. The Bertz CT molecular complexity index is 151. The molecule has 0 amide bonds. The molecule has 0 unspecified atom stereocenters. The topological polar surface area (TPSA) is 0 Å². The van der Waals surface area contributed by atoms with Crippen molar-refractivity contribution >= 4 is 0 Å². The maximum absolute atomic E-state index is 2.39. The Labute approximate surface area is 57.0 Å². The predicted molar refractivity (Wildman–Crippen MR) is 39.2 cm³/mol. The summed E-state index contributed by atoms with van der Waals surface area (Å²) < 4.78 is 0. The molecule has 0 spiro atoms. The lowest BCUT2D eigenvalue weighted by Crippen LogP contribution is -2.35. The molecule has 0 heteroatoms. The van der Waals surface area contributed by atoms with E-state index in [2.05, 4.69) is 26.0 Å². The van der Waals surface area contributed by atoms with Crippen LogP contribution in [0.3, 0.4) is 0 Å². The van der Waals surface area contributed by atoms with E-state index in [0.29, 0.717) is 10.8 Å². The number of hydrogen-bond acceptors (Lipinski definition) is 0. The van der Waals surface area contributed by atoms with Crippen LogP contribution in [0.4, 0.5) is 0 Å². The first-order valence-corrected chi connectivity index (χ1v) is 3.87. The largest absolute Gasteiger partial charge is 0.0811 e. The monoisotopic (exact) mass is 122 g/mol. The zero-order valence-corrected chi connectivity index (χ0v) is 6.28. The van der Waals surface area contributed by atoms with Gasteiger partial charge in [-0.25, -0.2) is 0 Å². The van der Waals surface area contributed by atoms with Crippen molar-refractivity contribution in [3.63, 3.8) is 0 Å². The second-order valence-electron chi connectivity index (χ2n) is 4.02. The zero-order chi connectivity index (χ0) is 6.54. The Balaban J connectivity index is 2.38. The molecule has 1 fully saturated rings. The van der Waals surface area contributed by atoms with Crippen molar-refractivity contribution in [3.8, 4) is 0 Å². The van der Waals surface area contributed by atoms with Gasteiger partial charge in [-0.05, 0) is 23.7 Å². The van der Waals surface area contributed by atoms with Gasteiger partial charge in [0.05, 0.1) is 0 Å². The summed E-state index contributed by atoms with van der Waals surface area (Å²) in [5.41, 5.74) is 1.18. The molecule has 0 aromatic carbocycles. The Morgan fingerprint density at radius 3 is 1.67 bits per heavy atom. The molecule has 0 nitrogen and oxygen atoms in total. The van der Waals surface area contributed by atoms with Gasteiger partial charge in [-0.15, -0.1) is 0 Å². The third kappa shape index (κ3) is 0.452.